The quantitative estimate of drug-likeness (QED) is 0.746. The third-order valence-corrected chi connectivity index (χ3v) is 5.37. The smallest absolute Gasteiger partial charge is 0.118 e. The highest BCUT2D eigenvalue weighted by Crippen LogP contribution is 2.32. The van der Waals surface area contributed by atoms with Gasteiger partial charge in [-0.25, -0.2) is 9.67 Å². The van der Waals surface area contributed by atoms with Crippen LogP contribution in [0.4, 0.5) is 0 Å². The molecule has 0 aliphatic rings. The van der Waals surface area contributed by atoms with Crippen molar-refractivity contribution in [3.05, 3.63) is 33.5 Å². The van der Waals surface area contributed by atoms with Crippen molar-refractivity contribution in [2.45, 2.75) is 40.0 Å². The van der Waals surface area contributed by atoms with Crippen LogP contribution in [0.5, 0.6) is 0 Å². The van der Waals surface area contributed by atoms with E-state index in [0.717, 1.165) is 33.5 Å². The van der Waals surface area contributed by atoms with E-state index in [-0.39, 0.29) is 0 Å². The van der Waals surface area contributed by atoms with Crippen LogP contribution in [0.15, 0.2) is 11.4 Å². The van der Waals surface area contributed by atoms with Gasteiger partial charge in [0.25, 0.3) is 0 Å². The molecule has 0 amide bonds. The zero-order chi connectivity index (χ0) is 16.3. The van der Waals surface area contributed by atoms with Crippen molar-refractivity contribution in [1.82, 2.24) is 14.8 Å². The average Bonchev–Trinajstić information content (AvgIpc) is 3.10. The van der Waals surface area contributed by atoms with Crippen molar-refractivity contribution < 1.29 is 0 Å². The van der Waals surface area contributed by atoms with Crippen LogP contribution in [-0.2, 0) is 0 Å². The summed E-state index contributed by atoms with van der Waals surface area (Å²) in [5.41, 5.74) is 3.30. The predicted octanol–water partition coefficient (Wildman–Crippen LogP) is 4.68. The number of thioether (sulfide) groups is 1. The molecule has 22 heavy (non-hydrogen) atoms. The highest BCUT2D eigenvalue weighted by molar-refractivity contribution is 8.07. The van der Waals surface area contributed by atoms with Crippen molar-refractivity contribution in [2.24, 2.45) is 0 Å². The summed E-state index contributed by atoms with van der Waals surface area (Å²) in [5.74, 6) is 0.421. The second-order valence-corrected chi connectivity index (χ2v) is 6.90. The van der Waals surface area contributed by atoms with E-state index in [2.05, 4.69) is 30.0 Å². The van der Waals surface area contributed by atoms with Gasteiger partial charge in [-0.3, -0.25) is 0 Å². The van der Waals surface area contributed by atoms with E-state index in [9.17, 15) is 5.26 Å². The first kappa shape index (κ1) is 16.8. The maximum atomic E-state index is 9.65. The Balaban J connectivity index is 2.54. The fraction of sp³-hybridized carbons (Fsp3) is 0.438. The molecule has 0 saturated heterocycles. The van der Waals surface area contributed by atoms with Gasteiger partial charge in [-0.1, -0.05) is 13.8 Å². The first-order valence-electron chi connectivity index (χ1n) is 7.19. The SMILES string of the molecule is CCC(C)c1nc(C(C#N)=C(SC)n2nc(C)cc2C)cs1. The van der Waals surface area contributed by atoms with Crippen LogP contribution in [0.3, 0.4) is 0 Å². The van der Waals surface area contributed by atoms with Gasteiger partial charge in [0.15, 0.2) is 0 Å². The number of nitrogens with zero attached hydrogens (tertiary/aromatic N) is 4. The molecule has 2 aromatic heterocycles. The molecule has 0 radical (unpaired) electrons. The Morgan fingerprint density at radius 3 is 2.73 bits per heavy atom. The monoisotopic (exact) mass is 332 g/mol. The minimum atomic E-state index is 0.421. The van der Waals surface area contributed by atoms with Gasteiger partial charge in [0.1, 0.15) is 16.7 Å². The molecule has 0 saturated carbocycles. The third kappa shape index (κ3) is 3.26. The molecule has 2 aromatic rings. The summed E-state index contributed by atoms with van der Waals surface area (Å²) in [6.07, 6.45) is 3.01. The normalized spacial score (nSPS) is 13.6. The summed E-state index contributed by atoms with van der Waals surface area (Å²) in [6.45, 7) is 8.26. The zero-order valence-electron chi connectivity index (χ0n) is 13.5. The molecule has 0 bridgehead atoms. The first-order valence-corrected chi connectivity index (χ1v) is 9.30. The molecule has 0 aliphatic carbocycles. The van der Waals surface area contributed by atoms with E-state index >= 15 is 0 Å². The molecule has 0 N–H and O–H groups in total. The number of hydrogen-bond acceptors (Lipinski definition) is 5. The summed E-state index contributed by atoms with van der Waals surface area (Å²) in [5, 5.41) is 18.0. The summed E-state index contributed by atoms with van der Waals surface area (Å²) in [4.78, 5) is 4.67. The van der Waals surface area contributed by atoms with Crippen LogP contribution in [0.25, 0.3) is 10.6 Å². The number of thiazole rings is 1. The maximum absolute atomic E-state index is 9.65. The van der Waals surface area contributed by atoms with E-state index in [1.165, 1.54) is 11.8 Å². The van der Waals surface area contributed by atoms with Gasteiger partial charge in [0.2, 0.25) is 0 Å². The number of aromatic nitrogens is 3. The first-order chi connectivity index (χ1) is 10.5. The lowest BCUT2D eigenvalue weighted by Crippen LogP contribution is -2.02. The Kier molecular flexibility index (Phi) is 5.43. The van der Waals surface area contributed by atoms with E-state index in [1.54, 1.807) is 11.3 Å². The molecule has 2 rings (SSSR count). The second kappa shape index (κ2) is 7.12. The van der Waals surface area contributed by atoms with Gasteiger partial charge in [-0.2, -0.15) is 10.4 Å². The molecule has 6 heteroatoms. The van der Waals surface area contributed by atoms with Crippen molar-refractivity contribution in [3.8, 4) is 6.07 Å². The predicted molar refractivity (Wildman–Crippen MR) is 94.8 cm³/mol. The lowest BCUT2D eigenvalue weighted by atomic mass is 10.1. The van der Waals surface area contributed by atoms with Gasteiger partial charge in [-0.15, -0.1) is 23.1 Å². The standard InChI is InChI=1S/C16H20N4S2/c1-6-10(2)15-18-14(9-22-15)13(8-17)16(21-5)20-12(4)7-11(3)19-20/h7,9-10H,6H2,1-5H3. The fourth-order valence-electron chi connectivity index (χ4n) is 2.15. The zero-order valence-corrected chi connectivity index (χ0v) is 15.2. The molecular weight excluding hydrogens is 312 g/mol. The molecular formula is C16H20N4S2. The molecule has 1 atom stereocenters. The van der Waals surface area contributed by atoms with E-state index < -0.39 is 0 Å². The lowest BCUT2D eigenvalue weighted by molar-refractivity contribution is 0.726. The van der Waals surface area contributed by atoms with Crippen molar-refractivity contribution in [3.63, 3.8) is 0 Å². The number of hydrogen-bond donors (Lipinski definition) is 0. The van der Waals surface area contributed by atoms with Crippen LogP contribution < -0.4 is 0 Å². The number of aryl methyl sites for hydroxylation is 2. The molecule has 4 nitrogen and oxygen atoms in total. The van der Waals surface area contributed by atoms with E-state index in [1.807, 2.05) is 36.2 Å². The average molecular weight is 332 g/mol. The largest absolute Gasteiger partial charge is 0.240 e. The van der Waals surface area contributed by atoms with Gasteiger partial charge in [0, 0.05) is 17.0 Å². The molecule has 0 spiro atoms. The Bertz CT molecular complexity index is 734. The number of rotatable bonds is 5. The fourth-order valence-corrected chi connectivity index (χ4v) is 3.81. The van der Waals surface area contributed by atoms with Crippen LogP contribution in [0.2, 0.25) is 0 Å². The molecule has 0 fully saturated rings. The molecule has 1 unspecified atom stereocenters. The highest BCUT2D eigenvalue weighted by atomic mass is 32.2. The Labute approximate surface area is 139 Å². The van der Waals surface area contributed by atoms with Crippen LogP contribution in [-0.4, -0.2) is 21.0 Å². The summed E-state index contributed by atoms with van der Waals surface area (Å²) in [7, 11) is 0. The maximum Gasteiger partial charge on any atom is 0.118 e. The van der Waals surface area contributed by atoms with Gasteiger partial charge in [0.05, 0.1) is 16.4 Å². The summed E-state index contributed by atoms with van der Waals surface area (Å²) in [6, 6.07) is 4.33. The van der Waals surface area contributed by atoms with Gasteiger partial charge in [-0.05, 0) is 32.6 Å². The molecule has 0 aliphatic heterocycles. The second-order valence-electron chi connectivity index (χ2n) is 5.22. The summed E-state index contributed by atoms with van der Waals surface area (Å²) < 4.78 is 1.83. The van der Waals surface area contributed by atoms with Crippen molar-refractivity contribution >= 4 is 33.7 Å². The van der Waals surface area contributed by atoms with E-state index in [4.69, 9.17) is 0 Å². The van der Waals surface area contributed by atoms with Crippen LogP contribution in [0.1, 0.15) is 48.3 Å². The van der Waals surface area contributed by atoms with Gasteiger partial charge >= 0.3 is 0 Å². The molecule has 116 valence electrons. The Morgan fingerprint density at radius 1 is 1.50 bits per heavy atom. The summed E-state index contributed by atoms with van der Waals surface area (Å²) >= 11 is 3.15. The number of allylic oxidation sites excluding steroid dienone is 1. The molecule has 0 aromatic carbocycles. The van der Waals surface area contributed by atoms with E-state index in [0.29, 0.717) is 11.5 Å². The minimum Gasteiger partial charge on any atom is -0.240 e. The third-order valence-electron chi connectivity index (χ3n) is 3.53. The van der Waals surface area contributed by atoms with Crippen LogP contribution >= 0.6 is 23.1 Å². The van der Waals surface area contributed by atoms with Crippen LogP contribution in [0, 0.1) is 25.2 Å². The van der Waals surface area contributed by atoms with Crippen molar-refractivity contribution in [1.29, 1.82) is 5.26 Å². The molecule has 2 heterocycles. The topological polar surface area (TPSA) is 54.5 Å². The Hall–Kier alpha value is -1.58. The Morgan fingerprint density at radius 2 is 2.23 bits per heavy atom. The highest BCUT2D eigenvalue weighted by Gasteiger charge is 2.17. The minimum absolute atomic E-state index is 0.421. The van der Waals surface area contributed by atoms with Crippen molar-refractivity contribution in [2.75, 3.05) is 6.26 Å². The number of nitriles is 1. The van der Waals surface area contributed by atoms with Gasteiger partial charge < -0.3 is 0 Å². The lowest BCUT2D eigenvalue weighted by Gasteiger charge is -2.09.